The summed E-state index contributed by atoms with van der Waals surface area (Å²) >= 11 is 0.981. The summed E-state index contributed by atoms with van der Waals surface area (Å²) in [6.45, 7) is 6.54. The predicted molar refractivity (Wildman–Crippen MR) is 177 cm³/mol. The van der Waals surface area contributed by atoms with E-state index in [4.69, 9.17) is 18.9 Å². The number of alkyl halides is 3. The fourth-order valence-corrected chi connectivity index (χ4v) is 5.59. The predicted octanol–water partition coefficient (Wildman–Crippen LogP) is 7.90. The molecule has 0 aliphatic heterocycles. The van der Waals surface area contributed by atoms with Gasteiger partial charge in [0.1, 0.15) is 22.5 Å². The molecule has 1 aromatic heterocycles. The second-order valence-electron chi connectivity index (χ2n) is 9.87. The van der Waals surface area contributed by atoms with Crippen molar-refractivity contribution in [3.05, 3.63) is 94.7 Å². The minimum absolute atomic E-state index is 0.0351. The van der Waals surface area contributed by atoms with E-state index in [0.29, 0.717) is 59.5 Å². The van der Waals surface area contributed by atoms with Crippen molar-refractivity contribution < 1.29 is 36.9 Å². The number of carbonyl (C=O) groups excluding carboxylic acids is 1. The van der Waals surface area contributed by atoms with Crippen molar-refractivity contribution in [3.8, 4) is 40.2 Å². The number of halogens is 3. The normalized spacial score (nSPS) is 11.2. The topological polar surface area (TPSA) is 115 Å². The molecule has 0 radical (unpaired) electrons. The number of ether oxygens (including phenoxy) is 4. The Hall–Kier alpha value is -5.22. The van der Waals surface area contributed by atoms with Crippen LogP contribution >= 0.6 is 11.8 Å². The van der Waals surface area contributed by atoms with Crippen molar-refractivity contribution in [1.82, 2.24) is 10.4 Å². The number of nitrogens with one attached hydrogen (secondary N) is 1. The maximum Gasteiger partial charge on any atom is 0.433 e. The van der Waals surface area contributed by atoms with Gasteiger partial charge in [0.15, 0.2) is 11.5 Å². The summed E-state index contributed by atoms with van der Waals surface area (Å²) in [5.74, 6) is 1.21. The second-order valence-corrected chi connectivity index (χ2v) is 10.8. The van der Waals surface area contributed by atoms with E-state index in [1.807, 2.05) is 26.8 Å². The van der Waals surface area contributed by atoms with Gasteiger partial charge in [-0.1, -0.05) is 30.3 Å². The van der Waals surface area contributed by atoms with E-state index in [2.05, 4.69) is 15.5 Å². The van der Waals surface area contributed by atoms with Crippen LogP contribution in [0.3, 0.4) is 0 Å². The van der Waals surface area contributed by atoms with Gasteiger partial charge in [0, 0.05) is 22.4 Å². The standard InChI is InChI=1S/C35H33F3N4O5S/c1-5-45-29-16-24(17-30(46-6-2)32(29)47-7-3)33(43)42-40-20-22-13-14-28(44-4)25(15-22)21-48-34-27(19-39)26(23-11-9-8-10-12-23)18-31(41-34)35(36,37)38/h8-18,20H,5-7,21H2,1-4H3,(H,42,43). The SMILES string of the molecule is CCOc1cc(C(=O)NN=Cc2ccc(OC)c(CSc3nc(C(F)(F)F)cc(-c4ccccc4)c3C#N)c2)cc(OCC)c1OCC. The average molecular weight is 679 g/mol. The molecule has 0 bridgehead atoms. The van der Waals surface area contributed by atoms with Crippen LogP contribution in [-0.2, 0) is 11.9 Å². The Labute approximate surface area is 280 Å². The maximum atomic E-state index is 13.8. The number of hydrogen-bond acceptors (Lipinski definition) is 9. The zero-order chi connectivity index (χ0) is 34.7. The number of methoxy groups -OCH3 is 1. The van der Waals surface area contributed by atoms with Gasteiger partial charge < -0.3 is 18.9 Å². The van der Waals surface area contributed by atoms with Crippen LogP contribution in [0.25, 0.3) is 11.1 Å². The molecule has 4 aromatic rings. The molecule has 4 rings (SSSR count). The zero-order valence-electron chi connectivity index (χ0n) is 26.7. The van der Waals surface area contributed by atoms with Gasteiger partial charge in [-0.05, 0) is 68.3 Å². The molecule has 0 saturated carbocycles. The monoisotopic (exact) mass is 678 g/mol. The van der Waals surface area contributed by atoms with Crippen LogP contribution in [0.1, 0.15) is 53.5 Å². The molecular weight excluding hydrogens is 645 g/mol. The number of benzene rings is 3. The van der Waals surface area contributed by atoms with Crippen molar-refractivity contribution in [2.24, 2.45) is 5.10 Å². The molecule has 0 spiro atoms. The third kappa shape index (κ3) is 8.77. The lowest BCUT2D eigenvalue weighted by Crippen LogP contribution is -2.18. The lowest BCUT2D eigenvalue weighted by atomic mass is 10.0. The molecule has 250 valence electrons. The highest BCUT2D eigenvalue weighted by atomic mass is 32.2. The number of rotatable bonds is 14. The fraction of sp³-hybridized carbons (Fsp3) is 0.257. The van der Waals surface area contributed by atoms with E-state index in [1.54, 1.807) is 60.7 Å². The van der Waals surface area contributed by atoms with E-state index >= 15 is 0 Å². The first-order valence-electron chi connectivity index (χ1n) is 14.9. The van der Waals surface area contributed by atoms with Crippen LogP contribution in [0.2, 0.25) is 0 Å². The molecule has 3 aromatic carbocycles. The lowest BCUT2D eigenvalue weighted by molar-refractivity contribution is -0.141. The molecule has 1 amide bonds. The highest BCUT2D eigenvalue weighted by molar-refractivity contribution is 7.98. The van der Waals surface area contributed by atoms with Crippen LogP contribution in [0.15, 0.2) is 76.9 Å². The Kier molecular flexibility index (Phi) is 12.3. The molecule has 0 aliphatic carbocycles. The van der Waals surface area contributed by atoms with Crippen molar-refractivity contribution in [3.63, 3.8) is 0 Å². The summed E-state index contributed by atoms with van der Waals surface area (Å²) < 4.78 is 64.0. The largest absolute Gasteiger partial charge is 0.496 e. The number of thioether (sulfide) groups is 1. The summed E-state index contributed by atoms with van der Waals surface area (Å²) in [6.07, 6.45) is -3.30. The fourth-order valence-electron chi connectivity index (χ4n) is 4.61. The van der Waals surface area contributed by atoms with Crippen LogP contribution in [-0.4, -0.2) is 44.0 Å². The van der Waals surface area contributed by atoms with Gasteiger partial charge in [0.2, 0.25) is 5.75 Å². The summed E-state index contributed by atoms with van der Waals surface area (Å²) in [7, 11) is 1.47. The number of aromatic nitrogens is 1. The second kappa shape index (κ2) is 16.6. The summed E-state index contributed by atoms with van der Waals surface area (Å²) in [6, 6.07) is 19.5. The van der Waals surface area contributed by atoms with Crippen molar-refractivity contribution >= 4 is 23.9 Å². The van der Waals surface area contributed by atoms with Gasteiger partial charge in [-0.15, -0.1) is 11.8 Å². The summed E-state index contributed by atoms with van der Waals surface area (Å²) in [5, 5.41) is 14.0. The molecule has 1 heterocycles. The Bertz CT molecular complexity index is 1780. The Morgan fingerprint density at radius 3 is 2.21 bits per heavy atom. The van der Waals surface area contributed by atoms with Gasteiger partial charge in [0.05, 0.1) is 38.7 Å². The molecular formula is C35H33F3N4O5S. The third-order valence-electron chi connectivity index (χ3n) is 6.69. The van der Waals surface area contributed by atoms with Crippen LogP contribution < -0.4 is 24.4 Å². The van der Waals surface area contributed by atoms with Crippen LogP contribution in [0.4, 0.5) is 13.2 Å². The first kappa shape index (κ1) is 35.6. The number of nitriles is 1. The number of nitrogens with zero attached hydrogens (tertiary/aromatic N) is 3. The smallest absolute Gasteiger partial charge is 0.433 e. The molecule has 0 unspecified atom stereocenters. The van der Waals surface area contributed by atoms with Gasteiger partial charge in [-0.3, -0.25) is 4.79 Å². The molecule has 0 aliphatic rings. The number of pyridine rings is 1. The van der Waals surface area contributed by atoms with Crippen molar-refractivity contribution in [1.29, 1.82) is 5.26 Å². The third-order valence-corrected chi connectivity index (χ3v) is 7.72. The highest BCUT2D eigenvalue weighted by Gasteiger charge is 2.34. The molecule has 1 N–H and O–H groups in total. The van der Waals surface area contributed by atoms with Crippen LogP contribution in [0, 0.1) is 11.3 Å². The Balaban J connectivity index is 1.58. The number of carbonyl (C=O) groups is 1. The minimum atomic E-state index is -4.72. The van der Waals surface area contributed by atoms with E-state index in [9.17, 15) is 23.2 Å². The first-order valence-corrected chi connectivity index (χ1v) is 15.9. The van der Waals surface area contributed by atoms with Gasteiger partial charge in [-0.25, -0.2) is 10.4 Å². The van der Waals surface area contributed by atoms with Gasteiger partial charge in [0.25, 0.3) is 5.91 Å². The molecule has 0 atom stereocenters. The molecule has 13 heteroatoms. The van der Waals surface area contributed by atoms with E-state index in [1.165, 1.54) is 13.3 Å². The minimum Gasteiger partial charge on any atom is -0.496 e. The highest BCUT2D eigenvalue weighted by Crippen LogP contribution is 2.40. The summed E-state index contributed by atoms with van der Waals surface area (Å²) in [5.41, 5.74) is 3.46. The first-order chi connectivity index (χ1) is 23.1. The van der Waals surface area contributed by atoms with E-state index < -0.39 is 17.8 Å². The Morgan fingerprint density at radius 1 is 0.958 bits per heavy atom. The molecule has 0 fully saturated rings. The molecule has 0 saturated heterocycles. The summed E-state index contributed by atoms with van der Waals surface area (Å²) in [4.78, 5) is 16.8. The quantitative estimate of drug-likeness (QED) is 0.0814. The molecule has 48 heavy (non-hydrogen) atoms. The van der Waals surface area contributed by atoms with E-state index in [0.717, 1.165) is 17.8 Å². The van der Waals surface area contributed by atoms with Crippen molar-refractivity contribution in [2.75, 3.05) is 26.9 Å². The number of hydrogen-bond donors (Lipinski definition) is 1. The van der Waals surface area contributed by atoms with Gasteiger partial charge in [-0.2, -0.15) is 23.5 Å². The average Bonchev–Trinajstić information content (AvgIpc) is 3.08. The van der Waals surface area contributed by atoms with Gasteiger partial charge >= 0.3 is 6.18 Å². The number of amides is 1. The maximum absolute atomic E-state index is 13.8. The lowest BCUT2D eigenvalue weighted by Gasteiger charge is -2.16. The Morgan fingerprint density at radius 2 is 1.62 bits per heavy atom. The van der Waals surface area contributed by atoms with E-state index in [-0.39, 0.29) is 27.5 Å². The molecule has 9 nitrogen and oxygen atoms in total. The van der Waals surface area contributed by atoms with Crippen molar-refractivity contribution in [2.45, 2.75) is 37.7 Å². The zero-order valence-corrected chi connectivity index (χ0v) is 27.5. The van der Waals surface area contributed by atoms with Crippen LogP contribution in [0.5, 0.6) is 23.0 Å². The number of hydrazone groups is 1.